The molecule has 2 heteroatoms. The molecule has 1 aliphatic rings. The molecule has 0 heterocycles. The van der Waals surface area contributed by atoms with Crippen molar-refractivity contribution in [1.82, 2.24) is 10.2 Å². The van der Waals surface area contributed by atoms with Gasteiger partial charge >= 0.3 is 0 Å². The van der Waals surface area contributed by atoms with Crippen LogP contribution in [0.5, 0.6) is 0 Å². The quantitative estimate of drug-likeness (QED) is 0.720. The summed E-state index contributed by atoms with van der Waals surface area (Å²) in [6, 6.07) is 2.29. The van der Waals surface area contributed by atoms with Crippen LogP contribution in [0.15, 0.2) is 0 Å². The van der Waals surface area contributed by atoms with Crippen LogP contribution < -0.4 is 5.32 Å². The zero-order valence-electron chi connectivity index (χ0n) is 9.51. The van der Waals surface area contributed by atoms with Gasteiger partial charge < -0.3 is 10.2 Å². The van der Waals surface area contributed by atoms with Gasteiger partial charge in [-0.2, -0.15) is 0 Å². The van der Waals surface area contributed by atoms with Crippen molar-refractivity contribution >= 4 is 0 Å². The van der Waals surface area contributed by atoms with E-state index in [2.05, 4.69) is 38.2 Å². The molecule has 0 unspecified atom stereocenters. The van der Waals surface area contributed by atoms with Crippen LogP contribution in [0, 0.1) is 0 Å². The highest BCUT2D eigenvalue weighted by atomic mass is 15.1. The molecule has 13 heavy (non-hydrogen) atoms. The molecular weight excluding hydrogens is 160 g/mol. The predicted octanol–water partition coefficient (Wildman–Crippen LogP) is 1.86. The number of hydrogen-bond donors (Lipinski definition) is 1. The molecule has 0 spiro atoms. The van der Waals surface area contributed by atoms with E-state index < -0.39 is 0 Å². The fraction of sp³-hybridized carbons (Fsp3) is 1.00. The minimum Gasteiger partial charge on any atom is -0.317 e. The van der Waals surface area contributed by atoms with Gasteiger partial charge in [0.05, 0.1) is 0 Å². The summed E-state index contributed by atoms with van der Waals surface area (Å²) < 4.78 is 0. The maximum atomic E-state index is 3.37. The van der Waals surface area contributed by atoms with Crippen molar-refractivity contribution < 1.29 is 0 Å². The Labute approximate surface area is 82.7 Å². The van der Waals surface area contributed by atoms with Crippen LogP contribution in [0.4, 0.5) is 0 Å². The first-order chi connectivity index (χ1) is 6.15. The molecule has 78 valence electrons. The maximum absolute atomic E-state index is 3.37. The fourth-order valence-electron chi connectivity index (χ4n) is 2.19. The molecule has 0 aromatic heterocycles. The van der Waals surface area contributed by atoms with Gasteiger partial charge in [0.1, 0.15) is 0 Å². The van der Waals surface area contributed by atoms with Crippen molar-refractivity contribution in [2.75, 3.05) is 14.1 Å². The maximum Gasteiger partial charge on any atom is 0.00960 e. The van der Waals surface area contributed by atoms with Crippen LogP contribution >= 0.6 is 0 Å². The third-order valence-corrected chi connectivity index (χ3v) is 3.50. The average molecular weight is 184 g/mol. The van der Waals surface area contributed by atoms with Gasteiger partial charge in [0.25, 0.3) is 0 Å². The lowest BCUT2D eigenvalue weighted by Gasteiger charge is -2.36. The first-order valence-corrected chi connectivity index (χ1v) is 5.54. The molecule has 0 aromatic carbocycles. The highest BCUT2D eigenvalue weighted by Crippen LogP contribution is 2.23. The predicted molar refractivity (Wildman–Crippen MR) is 58.0 cm³/mol. The molecule has 0 aliphatic heterocycles. The number of nitrogens with zero attached hydrogens (tertiary/aromatic N) is 1. The van der Waals surface area contributed by atoms with Crippen LogP contribution in [0.1, 0.15) is 39.5 Å². The molecule has 1 saturated carbocycles. The van der Waals surface area contributed by atoms with E-state index in [1.165, 1.54) is 25.7 Å². The monoisotopic (exact) mass is 184 g/mol. The molecule has 0 aromatic rings. The summed E-state index contributed by atoms with van der Waals surface area (Å²) in [7, 11) is 4.34. The molecule has 2 nitrogen and oxygen atoms in total. The van der Waals surface area contributed by atoms with Crippen molar-refractivity contribution in [3.8, 4) is 0 Å². The van der Waals surface area contributed by atoms with E-state index in [0.717, 1.165) is 12.1 Å². The molecule has 0 saturated heterocycles. The van der Waals surface area contributed by atoms with E-state index in [1.54, 1.807) is 0 Å². The number of nitrogens with one attached hydrogen (secondary N) is 1. The Morgan fingerprint density at radius 1 is 1.15 bits per heavy atom. The summed E-state index contributed by atoms with van der Waals surface area (Å²) in [5.41, 5.74) is 0. The van der Waals surface area contributed by atoms with Crippen LogP contribution in [-0.4, -0.2) is 37.1 Å². The lowest BCUT2D eigenvalue weighted by molar-refractivity contribution is 0.144. The molecule has 1 fully saturated rings. The second-order valence-electron chi connectivity index (χ2n) is 4.55. The van der Waals surface area contributed by atoms with Crippen LogP contribution in [0.3, 0.4) is 0 Å². The molecule has 1 aliphatic carbocycles. The van der Waals surface area contributed by atoms with Crippen molar-refractivity contribution in [2.45, 2.75) is 57.7 Å². The van der Waals surface area contributed by atoms with Gasteiger partial charge in [-0.25, -0.2) is 0 Å². The molecular formula is C11H24N2. The molecule has 0 amide bonds. The van der Waals surface area contributed by atoms with Gasteiger partial charge in [0.15, 0.2) is 0 Å². The minimum absolute atomic E-state index is 0.691. The van der Waals surface area contributed by atoms with E-state index >= 15 is 0 Å². The van der Waals surface area contributed by atoms with Crippen LogP contribution in [0.25, 0.3) is 0 Å². The van der Waals surface area contributed by atoms with E-state index in [1.807, 2.05) is 0 Å². The van der Waals surface area contributed by atoms with Crippen molar-refractivity contribution in [3.05, 3.63) is 0 Å². The normalized spacial score (nSPS) is 30.0. The zero-order valence-corrected chi connectivity index (χ0v) is 9.51. The van der Waals surface area contributed by atoms with Crippen molar-refractivity contribution in [2.24, 2.45) is 0 Å². The van der Waals surface area contributed by atoms with Gasteiger partial charge in [-0.05, 0) is 53.6 Å². The second kappa shape index (κ2) is 4.97. The Morgan fingerprint density at radius 3 is 2.08 bits per heavy atom. The third-order valence-electron chi connectivity index (χ3n) is 3.50. The second-order valence-corrected chi connectivity index (χ2v) is 4.55. The van der Waals surface area contributed by atoms with Gasteiger partial charge in [0.2, 0.25) is 0 Å². The van der Waals surface area contributed by atoms with Gasteiger partial charge in [-0.15, -0.1) is 0 Å². The van der Waals surface area contributed by atoms with Crippen molar-refractivity contribution in [3.63, 3.8) is 0 Å². The number of rotatable bonds is 3. The van der Waals surface area contributed by atoms with Gasteiger partial charge in [0, 0.05) is 18.1 Å². The van der Waals surface area contributed by atoms with Gasteiger partial charge in [-0.1, -0.05) is 0 Å². The summed E-state index contributed by atoms with van der Waals surface area (Å²) in [4.78, 5) is 2.52. The molecule has 0 bridgehead atoms. The topological polar surface area (TPSA) is 15.3 Å². The van der Waals surface area contributed by atoms with E-state index in [-0.39, 0.29) is 0 Å². The summed E-state index contributed by atoms with van der Waals surface area (Å²) in [5, 5.41) is 3.37. The Morgan fingerprint density at radius 2 is 1.69 bits per heavy atom. The first-order valence-electron chi connectivity index (χ1n) is 5.54. The Hall–Kier alpha value is -0.0800. The highest BCUT2D eigenvalue weighted by molar-refractivity contribution is 4.81. The number of hydrogen-bond acceptors (Lipinski definition) is 2. The SMILES string of the molecule is CNC1CCC(N(C)C(C)C)CC1. The van der Waals surface area contributed by atoms with E-state index in [0.29, 0.717) is 6.04 Å². The third kappa shape index (κ3) is 2.96. The van der Waals surface area contributed by atoms with Crippen LogP contribution in [-0.2, 0) is 0 Å². The smallest absolute Gasteiger partial charge is 0.00960 e. The molecule has 0 atom stereocenters. The largest absolute Gasteiger partial charge is 0.317 e. The van der Waals surface area contributed by atoms with Crippen LogP contribution in [0.2, 0.25) is 0 Å². The van der Waals surface area contributed by atoms with E-state index in [4.69, 9.17) is 0 Å². The standard InChI is InChI=1S/C11H24N2/c1-9(2)13(4)11-7-5-10(12-3)6-8-11/h9-12H,5-8H2,1-4H3. The van der Waals surface area contributed by atoms with Crippen molar-refractivity contribution in [1.29, 1.82) is 0 Å². The highest BCUT2D eigenvalue weighted by Gasteiger charge is 2.23. The molecule has 0 radical (unpaired) electrons. The lowest BCUT2D eigenvalue weighted by Crippen LogP contribution is -2.42. The first kappa shape index (κ1) is 11.0. The summed E-state index contributed by atoms with van der Waals surface area (Å²) in [6.07, 6.45) is 5.41. The zero-order chi connectivity index (χ0) is 9.84. The summed E-state index contributed by atoms with van der Waals surface area (Å²) in [6.45, 7) is 4.56. The Bertz CT molecular complexity index is 137. The molecule has 1 N–H and O–H groups in total. The van der Waals surface area contributed by atoms with Gasteiger partial charge in [-0.3, -0.25) is 0 Å². The molecule has 1 rings (SSSR count). The van der Waals surface area contributed by atoms with E-state index in [9.17, 15) is 0 Å². The minimum atomic E-state index is 0.691. The summed E-state index contributed by atoms with van der Waals surface area (Å²) >= 11 is 0. The summed E-state index contributed by atoms with van der Waals surface area (Å²) in [5.74, 6) is 0. The lowest BCUT2D eigenvalue weighted by atomic mass is 9.90. The average Bonchev–Trinajstić information content (AvgIpc) is 2.17. The Balaban J connectivity index is 2.32. The Kier molecular flexibility index (Phi) is 4.20. The fourth-order valence-corrected chi connectivity index (χ4v) is 2.19.